The number of carbonyl (C=O) groups is 3. The molecule has 3 aliphatic heterocycles. The molecule has 0 bridgehead atoms. The molecule has 0 amide bonds. The van der Waals surface area contributed by atoms with E-state index >= 15 is 0 Å². The molecule has 3 heterocycles. The van der Waals surface area contributed by atoms with Gasteiger partial charge in [0, 0.05) is 19.3 Å². The summed E-state index contributed by atoms with van der Waals surface area (Å²) < 4.78 is 25.7. The molecule has 0 radical (unpaired) electrons. The Morgan fingerprint density at radius 1 is 1.04 bits per heavy atom. The summed E-state index contributed by atoms with van der Waals surface area (Å²) in [7, 11) is 0. The Balaban J connectivity index is 1.46. The van der Waals surface area contributed by atoms with Crippen LogP contribution in [0.5, 0.6) is 0 Å². The third-order valence-corrected chi connectivity index (χ3v) is 4.79. The Hall–Kier alpha value is -2.29. The van der Waals surface area contributed by atoms with Crippen molar-refractivity contribution in [2.75, 3.05) is 26.4 Å². The molecule has 1 aromatic carbocycles. The van der Waals surface area contributed by atoms with Gasteiger partial charge in [-0.2, -0.15) is 0 Å². The van der Waals surface area contributed by atoms with Gasteiger partial charge < -0.3 is 23.7 Å². The van der Waals surface area contributed by atoms with E-state index in [4.69, 9.17) is 23.7 Å². The largest absolute Gasteiger partial charge is 0.459 e. The Labute approximate surface area is 162 Å². The zero-order valence-corrected chi connectivity index (χ0v) is 15.4. The smallest absolute Gasteiger partial charge is 0.340 e. The van der Waals surface area contributed by atoms with Crippen LogP contribution < -0.4 is 0 Å². The molecule has 0 spiro atoms. The third-order valence-electron chi connectivity index (χ3n) is 4.79. The summed E-state index contributed by atoms with van der Waals surface area (Å²) in [6.45, 7) is 2.01. The van der Waals surface area contributed by atoms with E-state index in [2.05, 4.69) is 0 Å². The SMILES string of the molecule is O=C(CCC1CO1)Cc1cc(C(=O)OC2CCO2)ccc1C(=O)OCC1CO1. The van der Waals surface area contributed by atoms with Crippen molar-refractivity contribution in [3.05, 3.63) is 34.9 Å². The van der Waals surface area contributed by atoms with Gasteiger partial charge in [0.1, 0.15) is 18.5 Å². The molecular formula is C20H22O8. The summed E-state index contributed by atoms with van der Waals surface area (Å²) in [5.41, 5.74) is 0.992. The molecular weight excluding hydrogens is 368 g/mol. The number of benzene rings is 1. The lowest BCUT2D eigenvalue weighted by Gasteiger charge is -2.25. The van der Waals surface area contributed by atoms with E-state index in [9.17, 15) is 14.4 Å². The van der Waals surface area contributed by atoms with Crippen LogP contribution in [-0.2, 0) is 34.9 Å². The number of Topliss-reactive ketones (excluding diaryl/α,β-unsaturated/α-hetero) is 1. The summed E-state index contributed by atoms with van der Waals surface area (Å²) in [5.74, 6) is -1.11. The number of ether oxygens (including phenoxy) is 5. The Bertz CT molecular complexity index is 761. The van der Waals surface area contributed by atoms with E-state index < -0.39 is 18.2 Å². The van der Waals surface area contributed by atoms with Crippen LogP contribution in [0.2, 0.25) is 0 Å². The minimum atomic E-state index is -0.545. The number of ketones is 1. The van der Waals surface area contributed by atoms with E-state index in [1.165, 1.54) is 18.2 Å². The third kappa shape index (κ3) is 5.15. The van der Waals surface area contributed by atoms with Crippen LogP contribution in [0.3, 0.4) is 0 Å². The van der Waals surface area contributed by atoms with Gasteiger partial charge in [-0.3, -0.25) is 4.79 Å². The second-order valence-corrected chi connectivity index (χ2v) is 7.13. The highest BCUT2D eigenvalue weighted by Crippen LogP contribution is 2.21. The normalized spacial score (nSPS) is 24.8. The van der Waals surface area contributed by atoms with Gasteiger partial charge in [0.25, 0.3) is 0 Å². The molecule has 3 unspecified atom stereocenters. The molecule has 28 heavy (non-hydrogen) atoms. The number of epoxide rings is 2. The van der Waals surface area contributed by atoms with Crippen molar-refractivity contribution in [3.8, 4) is 0 Å². The van der Waals surface area contributed by atoms with Crippen LogP contribution in [0.1, 0.15) is 45.5 Å². The molecule has 1 aromatic rings. The van der Waals surface area contributed by atoms with E-state index in [-0.39, 0.29) is 42.1 Å². The average molecular weight is 390 g/mol. The first-order valence-corrected chi connectivity index (χ1v) is 9.46. The van der Waals surface area contributed by atoms with Crippen molar-refractivity contribution in [2.24, 2.45) is 0 Å². The molecule has 150 valence electrons. The highest BCUT2D eigenvalue weighted by Gasteiger charge is 2.28. The second-order valence-electron chi connectivity index (χ2n) is 7.13. The predicted octanol–water partition coefficient (Wildman–Crippen LogP) is 1.44. The first-order valence-electron chi connectivity index (χ1n) is 9.46. The van der Waals surface area contributed by atoms with Gasteiger partial charge >= 0.3 is 11.9 Å². The molecule has 8 nitrogen and oxygen atoms in total. The summed E-state index contributed by atoms with van der Waals surface area (Å²) in [5, 5.41) is 0. The Kier molecular flexibility index (Phi) is 5.70. The minimum Gasteiger partial charge on any atom is -0.459 e. The molecule has 3 saturated heterocycles. The Morgan fingerprint density at radius 3 is 2.43 bits per heavy atom. The van der Waals surface area contributed by atoms with Gasteiger partial charge in [0.2, 0.25) is 6.29 Å². The number of rotatable bonds is 10. The monoisotopic (exact) mass is 390 g/mol. The molecule has 3 aliphatic rings. The van der Waals surface area contributed by atoms with Crippen molar-refractivity contribution in [2.45, 2.75) is 44.2 Å². The fraction of sp³-hybridized carbons (Fsp3) is 0.550. The van der Waals surface area contributed by atoms with Crippen molar-refractivity contribution >= 4 is 17.7 Å². The summed E-state index contributed by atoms with van der Waals surface area (Å²) >= 11 is 0. The maximum absolute atomic E-state index is 12.4. The van der Waals surface area contributed by atoms with E-state index in [0.717, 1.165) is 0 Å². The first-order chi connectivity index (χ1) is 13.6. The van der Waals surface area contributed by atoms with Crippen molar-refractivity contribution in [3.63, 3.8) is 0 Å². The fourth-order valence-electron chi connectivity index (χ4n) is 2.83. The molecule has 8 heteroatoms. The predicted molar refractivity (Wildman–Crippen MR) is 93.9 cm³/mol. The highest BCUT2D eigenvalue weighted by atomic mass is 16.7. The van der Waals surface area contributed by atoms with Crippen molar-refractivity contribution < 1.29 is 38.1 Å². The van der Waals surface area contributed by atoms with Crippen molar-refractivity contribution in [1.82, 2.24) is 0 Å². The maximum atomic E-state index is 12.4. The number of esters is 2. The number of carbonyl (C=O) groups excluding carboxylic acids is 3. The fourth-order valence-corrected chi connectivity index (χ4v) is 2.83. The quantitative estimate of drug-likeness (QED) is 0.437. The highest BCUT2D eigenvalue weighted by molar-refractivity contribution is 5.96. The van der Waals surface area contributed by atoms with Crippen LogP contribution in [0.15, 0.2) is 18.2 Å². The molecule has 3 atom stereocenters. The van der Waals surface area contributed by atoms with Crippen LogP contribution in [0, 0.1) is 0 Å². The number of hydrogen-bond acceptors (Lipinski definition) is 8. The lowest BCUT2D eigenvalue weighted by atomic mass is 9.97. The maximum Gasteiger partial charge on any atom is 0.340 e. The molecule has 0 aromatic heterocycles. The van der Waals surface area contributed by atoms with Gasteiger partial charge in [-0.1, -0.05) is 0 Å². The minimum absolute atomic E-state index is 0.0251. The van der Waals surface area contributed by atoms with Gasteiger partial charge in [0.05, 0.1) is 37.1 Å². The van der Waals surface area contributed by atoms with Crippen molar-refractivity contribution in [1.29, 1.82) is 0 Å². The molecule has 0 saturated carbocycles. The van der Waals surface area contributed by atoms with Crippen LogP contribution in [0.4, 0.5) is 0 Å². The van der Waals surface area contributed by atoms with Crippen LogP contribution >= 0.6 is 0 Å². The summed E-state index contributed by atoms with van der Waals surface area (Å²) in [6, 6.07) is 4.52. The second kappa shape index (κ2) is 8.38. The van der Waals surface area contributed by atoms with E-state index in [0.29, 0.717) is 44.6 Å². The topological polar surface area (TPSA) is 104 Å². The van der Waals surface area contributed by atoms with Gasteiger partial charge in [-0.05, 0) is 30.2 Å². The van der Waals surface area contributed by atoms with E-state index in [1.807, 2.05) is 0 Å². The Morgan fingerprint density at radius 2 is 1.79 bits per heavy atom. The lowest BCUT2D eigenvalue weighted by Crippen LogP contribution is -2.32. The standard InChI is InChI=1S/C20H22O8/c21-14(2-3-15-9-25-15)8-13-7-12(19(22)28-18-5-6-24-18)1-4-17(13)20(23)27-11-16-10-26-16/h1,4,7,15-16,18H,2-3,5-6,8-11H2. The van der Waals surface area contributed by atoms with Gasteiger partial charge in [-0.25, -0.2) is 9.59 Å². The molecule has 4 rings (SSSR count). The van der Waals surface area contributed by atoms with Gasteiger partial charge in [0.15, 0.2) is 0 Å². The summed E-state index contributed by atoms with van der Waals surface area (Å²) in [4.78, 5) is 37.0. The zero-order chi connectivity index (χ0) is 19.5. The molecule has 0 aliphatic carbocycles. The molecule has 3 fully saturated rings. The lowest BCUT2D eigenvalue weighted by molar-refractivity contribution is -0.184. The average Bonchev–Trinajstić information content (AvgIpc) is 3.54. The summed E-state index contributed by atoms with van der Waals surface area (Å²) in [6.07, 6.45) is 1.31. The first kappa shape index (κ1) is 19.0. The van der Waals surface area contributed by atoms with Crippen LogP contribution in [-0.4, -0.2) is 62.6 Å². The van der Waals surface area contributed by atoms with Gasteiger partial charge in [-0.15, -0.1) is 0 Å². The zero-order valence-electron chi connectivity index (χ0n) is 15.4. The van der Waals surface area contributed by atoms with E-state index in [1.54, 1.807) is 0 Å². The molecule has 0 N–H and O–H groups in total. The van der Waals surface area contributed by atoms with Crippen LogP contribution in [0.25, 0.3) is 0 Å². The number of hydrogen-bond donors (Lipinski definition) is 0.